The number of aryl methyl sites for hydroxylation is 1. The lowest BCUT2D eigenvalue weighted by molar-refractivity contribution is 1.39. The van der Waals surface area contributed by atoms with Crippen molar-refractivity contribution in [2.24, 2.45) is 0 Å². The molecule has 0 aliphatic carbocycles. The largest absolute Gasteiger partial charge is 0.192 e. The Hall–Kier alpha value is -3.87. The van der Waals surface area contributed by atoms with Crippen LogP contribution in [-0.4, -0.2) is 0 Å². The Bertz CT molecular complexity index is 831. The van der Waals surface area contributed by atoms with Crippen LogP contribution in [-0.2, 0) is 0 Å². The van der Waals surface area contributed by atoms with Crippen LogP contribution in [0, 0.1) is 40.9 Å². The fraction of sp³-hybridized carbons (Fsp3) is 0.0455. The first kappa shape index (κ1) is 19.2. The van der Waals surface area contributed by atoms with Gasteiger partial charge in [-0.1, -0.05) is 54.6 Å². The van der Waals surface area contributed by atoms with E-state index in [0.717, 1.165) is 11.1 Å². The van der Waals surface area contributed by atoms with Crippen LogP contribution >= 0.6 is 0 Å². The number of nitriles is 3. The Labute approximate surface area is 148 Å². The van der Waals surface area contributed by atoms with Gasteiger partial charge in [0, 0.05) is 0 Å². The van der Waals surface area contributed by atoms with Crippen LogP contribution in [0.4, 0.5) is 0 Å². The summed E-state index contributed by atoms with van der Waals surface area (Å²) in [6, 6.07) is 32.0. The van der Waals surface area contributed by atoms with Crippen molar-refractivity contribution in [3.63, 3.8) is 0 Å². The second-order valence-corrected chi connectivity index (χ2v) is 4.88. The van der Waals surface area contributed by atoms with Crippen LogP contribution in [0.15, 0.2) is 84.9 Å². The monoisotopic (exact) mass is 323 g/mol. The van der Waals surface area contributed by atoms with E-state index in [9.17, 15) is 0 Å². The van der Waals surface area contributed by atoms with Crippen molar-refractivity contribution in [1.82, 2.24) is 0 Å². The molecule has 0 aliphatic heterocycles. The van der Waals surface area contributed by atoms with E-state index >= 15 is 0 Å². The molecule has 0 amide bonds. The molecule has 3 nitrogen and oxygen atoms in total. The fourth-order valence-corrected chi connectivity index (χ4v) is 1.72. The average Bonchev–Trinajstić information content (AvgIpc) is 2.70. The second-order valence-electron chi connectivity index (χ2n) is 4.88. The first-order valence-electron chi connectivity index (χ1n) is 7.57. The van der Waals surface area contributed by atoms with Gasteiger partial charge in [0.15, 0.2) is 0 Å². The first-order chi connectivity index (χ1) is 12.2. The van der Waals surface area contributed by atoms with E-state index in [4.69, 9.17) is 15.8 Å². The molecule has 0 aromatic heterocycles. The molecule has 0 fully saturated rings. The summed E-state index contributed by atoms with van der Waals surface area (Å²) in [5.41, 5.74) is 3.23. The summed E-state index contributed by atoms with van der Waals surface area (Å²) in [7, 11) is 0. The van der Waals surface area contributed by atoms with Gasteiger partial charge in [0.25, 0.3) is 0 Å². The van der Waals surface area contributed by atoms with E-state index < -0.39 is 0 Å². The first-order valence-corrected chi connectivity index (χ1v) is 7.57. The number of hydrogen-bond donors (Lipinski definition) is 0. The molecule has 3 aromatic rings. The van der Waals surface area contributed by atoms with Gasteiger partial charge in [-0.2, -0.15) is 15.8 Å². The smallest absolute Gasteiger partial charge is 0.0994 e. The van der Waals surface area contributed by atoms with Gasteiger partial charge in [0.05, 0.1) is 34.9 Å². The van der Waals surface area contributed by atoms with Gasteiger partial charge in [-0.3, -0.25) is 0 Å². The van der Waals surface area contributed by atoms with E-state index in [1.807, 2.05) is 79.7 Å². The van der Waals surface area contributed by atoms with Crippen LogP contribution in [0.25, 0.3) is 0 Å². The van der Waals surface area contributed by atoms with E-state index in [2.05, 4.69) is 6.07 Å². The molecule has 0 N–H and O–H groups in total. The molecule has 0 saturated carbocycles. The molecule has 3 rings (SSSR count). The Morgan fingerprint density at radius 3 is 1.20 bits per heavy atom. The maximum absolute atomic E-state index is 8.47. The van der Waals surface area contributed by atoms with Crippen LogP contribution in [0.1, 0.15) is 22.3 Å². The SMILES string of the molecule is Cc1ccccc1C#N.N#Cc1ccccc1.N#Cc1ccccc1. The predicted octanol–water partition coefficient (Wildman–Crippen LogP) is 4.98. The van der Waals surface area contributed by atoms with Crippen LogP contribution in [0.2, 0.25) is 0 Å². The minimum Gasteiger partial charge on any atom is -0.192 e. The molecule has 3 aromatic carbocycles. The van der Waals surface area contributed by atoms with Crippen molar-refractivity contribution in [3.8, 4) is 18.2 Å². The predicted molar refractivity (Wildman–Crippen MR) is 98.2 cm³/mol. The zero-order valence-electron chi connectivity index (χ0n) is 13.9. The van der Waals surface area contributed by atoms with Crippen molar-refractivity contribution in [2.75, 3.05) is 0 Å². The fourth-order valence-electron chi connectivity index (χ4n) is 1.72. The Morgan fingerprint density at radius 1 is 0.520 bits per heavy atom. The Kier molecular flexibility index (Phi) is 8.95. The highest BCUT2D eigenvalue weighted by molar-refractivity contribution is 5.35. The average molecular weight is 323 g/mol. The standard InChI is InChI=1S/C8H7N.2C7H5N/c1-7-4-2-3-5-8(7)6-9;2*8-6-7-4-2-1-3-5-7/h2-5H,1H3;2*1-5H. The number of rotatable bonds is 0. The zero-order chi connectivity index (χ0) is 18.3. The van der Waals surface area contributed by atoms with Crippen LogP contribution in [0.3, 0.4) is 0 Å². The lowest BCUT2D eigenvalue weighted by atomic mass is 10.1. The lowest BCUT2D eigenvalue weighted by Gasteiger charge is -1.90. The van der Waals surface area contributed by atoms with Crippen LogP contribution in [0.5, 0.6) is 0 Å². The third kappa shape index (κ3) is 7.80. The molecule has 0 heterocycles. The maximum atomic E-state index is 8.47. The molecular weight excluding hydrogens is 306 g/mol. The van der Waals surface area contributed by atoms with E-state index in [1.54, 1.807) is 24.3 Å². The molecule has 0 spiro atoms. The maximum Gasteiger partial charge on any atom is 0.0994 e. The van der Waals surface area contributed by atoms with Gasteiger partial charge < -0.3 is 0 Å². The molecule has 3 heteroatoms. The summed E-state index contributed by atoms with van der Waals surface area (Å²) in [5.74, 6) is 0. The van der Waals surface area contributed by atoms with E-state index in [0.29, 0.717) is 11.1 Å². The summed E-state index contributed by atoms with van der Waals surface area (Å²) in [5, 5.41) is 25.0. The van der Waals surface area contributed by atoms with Crippen molar-refractivity contribution in [1.29, 1.82) is 15.8 Å². The van der Waals surface area contributed by atoms with Gasteiger partial charge >= 0.3 is 0 Å². The normalized spacial score (nSPS) is 8.08. The molecule has 0 aliphatic rings. The summed E-state index contributed by atoms with van der Waals surface area (Å²) >= 11 is 0. The van der Waals surface area contributed by atoms with E-state index in [-0.39, 0.29) is 0 Å². The van der Waals surface area contributed by atoms with Crippen LogP contribution < -0.4 is 0 Å². The summed E-state index contributed by atoms with van der Waals surface area (Å²) in [4.78, 5) is 0. The summed E-state index contributed by atoms with van der Waals surface area (Å²) < 4.78 is 0. The second kappa shape index (κ2) is 11.7. The number of hydrogen-bond acceptors (Lipinski definition) is 3. The van der Waals surface area contributed by atoms with Crippen molar-refractivity contribution in [3.05, 3.63) is 107 Å². The third-order valence-electron chi connectivity index (χ3n) is 3.07. The molecule has 0 unspecified atom stereocenters. The quantitative estimate of drug-likeness (QED) is 0.585. The molecular formula is C22H17N3. The molecule has 0 bridgehead atoms. The third-order valence-corrected chi connectivity index (χ3v) is 3.07. The topological polar surface area (TPSA) is 71.4 Å². The minimum absolute atomic E-state index is 0.715. The molecule has 25 heavy (non-hydrogen) atoms. The summed E-state index contributed by atoms with van der Waals surface area (Å²) in [6.45, 7) is 1.93. The Balaban J connectivity index is 0.000000188. The van der Waals surface area contributed by atoms with Gasteiger partial charge in [-0.25, -0.2) is 0 Å². The molecule has 0 atom stereocenters. The summed E-state index contributed by atoms with van der Waals surface area (Å²) in [6.07, 6.45) is 0. The van der Waals surface area contributed by atoms with Gasteiger partial charge in [-0.15, -0.1) is 0 Å². The lowest BCUT2D eigenvalue weighted by Crippen LogP contribution is -1.77. The number of nitrogens with zero attached hydrogens (tertiary/aromatic N) is 3. The molecule has 0 saturated heterocycles. The molecule has 120 valence electrons. The van der Waals surface area contributed by atoms with Gasteiger partial charge in [-0.05, 0) is 42.8 Å². The highest BCUT2D eigenvalue weighted by Crippen LogP contribution is 2.03. The zero-order valence-corrected chi connectivity index (χ0v) is 13.9. The minimum atomic E-state index is 0.715. The highest BCUT2D eigenvalue weighted by Gasteiger charge is 1.90. The van der Waals surface area contributed by atoms with Crippen molar-refractivity contribution in [2.45, 2.75) is 6.92 Å². The van der Waals surface area contributed by atoms with Gasteiger partial charge in [0.2, 0.25) is 0 Å². The Morgan fingerprint density at radius 2 is 0.920 bits per heavy atom. The van der Waals surface area contributed by atoms with E-state index in [1.165, 1.54) is 0 Å². The van der Waals surface area contributed by atoms with Crippen molar-refractivity contribution >= 4 is 0 Å². The van der Waals surface area contributed by atoms with Gasteiger partial charge in [0.1, 0.15) is 0 Å². The number of benzene rings is 3. The highest BCUT2D eigenvalue weighted by atomic mass is 14.2. The molecule has 0 radical (unpaired) electrons. The van der Waals surface area contributed by atoms with Crippen molar-refractivity contribution < 1.29 is 0 Å².